The molecule has 0 rings (SSSR count). The lowest BCUT2D eigenvalue weighted by Gasteiger charge is -2.18. The predicted molar refractivity (Wildman–Crippen MR) is 358 cm³/mol. The highest BCUT2D eigenvalue weighted by Gasteiger charge is 2.19. The maximum atomic E-state index is 12.9. The van der Waals surface area contributed by atoms with E-state index in [1.165, 1.54) is 276 Å². The average molecular weight is 1150 g/mol. The molecule has 0 amide bonds. The second-order valence-corrected chi connectivity index (χ2v) is 24.8. The lowest BCUT2D eigenvalue weighted by atomic mass is 10.0. The molecule has 0 saturated carbocycles. The number of unbranched alkanes of at least 4 members (excludes halogenated alkanes) is 49. The highest BCUT2D eigenvalue weighted by atomic mass is 16.6. The molecule has 1 atom stereocenters. The van der Waals surface area contributed by atoms with Gasteiger partial charge in [-0.2, -0.15) is 0 Å². The van der Waals surface area contributed by atoms with Gasteiger partial charge in [0.25, 0.3) is 0 Å². The first kappa shape index (κ1) is 79.4. The van der Waals surface area contributed by atoms with Gasteiger partial charge in [0.05, 0.1) is 0 Å². The molecule has 6 nitrogen and oxygen atoms in total. The second-order valence-electron chi connectivity index (χ2n) is 24.8. The van der Waals surface area contributed by atoms with E-state index in [-0.39, 0.29) is 31.1 Å². The number of esters is 3. The van der Waals surface area contributed by atoms with Crippen molar-refractivity contribution in [2.24, 2.45) is 0 Å². The number of carbonyl (C=O) groups excluding carboxylic acids is 3. The molecule has 0 bridgehead atoms. The van der Waals surface area contributed by atoms with Gasteiger partial charge >= 0.3 is 17.9 Å². The second kappa shape index (κ2) is 70.9. The van der Waals surface area contributed by atoms with Gasteiger partial charge in [-0.25, -0.2) is 0 Å². The summed E-state index contributed by atoms with van der Waals surface area (Å²) in [5, 5.41) is 0. The summed E-state index contributed by atoms with van der Waals surface area (Å²) in [6.07, 6.45) is 90.6. The molecule has 0 heterocycles. The fourth-order valence-electron chi connectivity index (χ4n) is 11.1. The van der Waals surface area contributed by atoms with Crippen molar-refractivity contribution < 1.29 is 28.6 Å². The molecule has 480 valence electrons. The van der Waals surface area contributed by atoms with E-state index in [4.69, 9.17) is 14.2 Å². The van der Waals surface area contributed by atoms with Crippen LogP contribution in [-0.4, -0.2) is 37.2 Å². The lowest BCUT2D eigenvalue weighted by Crippen LogP contribution is -2.30. The Bertz CT molecular complexity index is 1410. The summed E-state index contributed by atoms with van der Waals surface area (Å²) in [4.78, 5) is 38.1. The van der Waals surface area contributed by atoms with Crippen molar-refractivity contribution in [3.63, 3.8) is 0 Å². The molecule has 0 radical (unpaired) electrons. The van der Waals surface area contributed by atoms with Crippen molar-refractivity contribution in [2.45, 2.75) is 406 Å². The number of rotatable bonds is 68. The molecule has 0 fully saturated rings. The van der Waals surface area contributed by atoms with E-state index >= 15 is 0 Å². The standard InChI is InChI=1S/C76H140O6/c1-4-7-10-13-16-18-20-22-24-26-28-30-32-34-36-38-40-42-44-46-48-50-52-54-56-58-60-63-66-69-75(78)81-72-73(71-80-74(77)68-65-62-15-12-9-6-3)82-76(79)70-67-64-61-59-57-55-53-51-49-47-45-43-41-39-37-35-33-31-29-27-25-23-21-19-17-14-11-8-5-2/h7,10,16,18,22,24,28,30,73H,4-6,8-9,11-15,17,19-21,23,25-27,29,31-72H2,1-3H3/b10-7-,18-16-,24-22-,30-28-. The summed E-state index contributed by atoms with van der Waals surface area (Å²) in [5.41, 5.74) is 0. The van der Waals surface area contributed by atoms with E-state index in [0.29, 0.717) is 19.3 Å². The summed E-state index contributed by atoms with van der Waals surface area (Å²) in [7, 11) is 0. The van der Waals surface area contributed by atoms with Crippen LogP contribution >= 0.6 is 0 Å². The van der Waals surface area contributed by atoms with Gasteiger partial charge in [0, 0.05) is 19.3 Å². The Morgan fingerprint density at radius 1 is 0.256 bits per heavy atom. The third kappa shape index (κ3) is 68.2. The van der Waals surface area contributed by atoms with Crippen LogP contribution in [-0.2, 0) is 28.6 Å². The summed E-state index contributed by atoms with van der Waals surface area (Å²) >= 11 is 0. The maximum absolute atomic E-state index is 12.9. The summed E-state index contributed by atoms with van der Waals surface area (Å²) in [5.74, 6) is -0.850. The zero-order valence-corrected chi connectivity index (χ0v) is 55.3. The molecule has 82 heavy (non-hydrogen) atoms. The van der Waals surface area contributed by atoms with Crippen LogP contribution in [0.4, 0.5) is 0 Å². The Hall–Kier alpha value is -2.63. The molecule has 0 saturated heterocycles. The smallest absolute Gasteiger partial charge is 0.306 e. The van der Waals surface area contributed by atoms with Gasteiger partial charge in [0.15, 0.2) is 6.10 Å². The van der Waals surface area contributed by atoms with Crippen LogP contribution in [0.5, 0.6) is 0 Å². The molecular weight excluding hydrogens is 1010 g/mol. The van der Waals surface area contributed by atoms with Gasteiger partial charge in [0.2, 0.25) is 0 Å². The van der Waals surface area contributed by atoms with E-state index < -0.39 is 6.10 Å². The number of allylic oxidation sites excluding steroid dienone is 8. The molecule has 0 aromatic carbocycles. The molecule has 6 heteroatoms. The highest BCUT2D eigenvalue weighted by Crippen LogP contribution is 2.19. The molecule has 0 spiro atoms. The van der Waals surface area contributed by atoms with Crippen LogP contribution in [0.15, 0.2) is 48.6 Å². The van der Waals surface area contributed by atoms with Gasteiger partial charge < -0.3 is 14.2 Å². The first-order chi connectivity index (χ1) is 40.5. The van der Waals surface area contributed by atoms with Gasteiger partial charge in [-0.1, -0.05) is 371 Å². The number of hydrogen-bond donors (Lipinski definition) is 0. The first-order valence-corrected chi connectivity index (χ1v) is 36.6. The highest BCUT2D eigenvalue weighted by molar-refractivity contribution is 5.71. The molecule has 0 aromatic rings. The molecule has 0 aliphatic heterocycles. The quantitative estimate of drug-likeness (QED) is 0.0261. The van der Waals surface area contributed by atoms with Crippen LogP contribution in [0, 0.1) is 0 Å². The maximum Gasteiger partial charge on any atom is 0.306 e. The molecule has 0 aliphatic carbocycles. The fourth-order valence-corrected chi connectivity index (χ4v) is 11.1. The minimum absolute atomic E-state index is 0.0672. The third-order valence-electron chi connectivity index (χ3n) is 16.6. The third-order valence-corrected chi connectivity index (χ3v) is 16.6. The monoisotopic (exact) mass is 1150 g/mol. The van der Waals surface area contributed by atoms with E-state index in [0.717, 1.165) is 83.5 Å². The van der Waals surface area contributed by atoms with E-state index in [2.05, 4.69) is 69.4 Å². The summed E-state index contributed by atoms with van der Waals surface area (Å²) in [6, 6.07) is 0. The first-order valence-electron chi connectivity index (χ1n) is 36.6. The zero-order chi connectivity index (χ0) is 59.2. The van der Waals surface area contributed by atoms with Gasteiger partial charge in [-0.15, -0.1) is 0 Å². The predicted octanol–water partition coefficient (Wildman–Crippen LogP) is 25.3. The Kier molecular flexibility index (Phi) is 68.6. The SMILES string of the molecule is CC/C=C\C/C=C\C/C=C\C/C=C\CCCCCCCCCCCCCCCCCCC(=O)OCC(COC(=O)CCCCCCCC)OC(=O)CCCCCCCCCCCCCCCCCCCCCCCCCCCCCCC. The van der Waals surface area contributed by atoms with Crippen molar-refractivity contribution in [3.05, 3.63) is 48.6 Å². The normalized spacial score (nSPS) is 12.3. The van der Waals surface area contributed by atoms with Crippen molar-refractivity contribution >= 4 is 17.9 Å². The minimum atomic E-state index is -0.767. The summed E-state index contributed by atoms with van der Waals surface area (Å²) < 4.78 is 16.9. The van der Waals surface area contributed by atoms with Crippen molar-refractivity contribution in [3.8, 4) is 0 Å². The number of ether oxygens (including phenoxy) is 3. The van der Waals surface area contributed by atoms with E-state index in [9.17, 15) is 14.4 Å². The Morgan fingerprint density at radius 2 is 0.476 bits per heavy atom. The fraction of sp³-hybridized carbons (Fsp3) is 0.855. The van der Waals surface area contributed by atoms with Gasteiger partial charge in [0.1, 0.15) is 13.2 Å². The van der Waals surface area contributed by atoms with Crippen molar-refractivity contribution in [2.75, 3.05) is 13.2 Å². The van der Waals surface area contributed by atoms with E-state index in [1.807, 2.05) is 0 Å². The number of hydrogen-bond acceptors (Lipinski definition) is 6. The molecule has 0 aliphatic rings. The Labute approximate surface area is 511 Å². The van der Waals surface area contributed by atoms with Crippen molar-refractivity contribution in [1.29, 1.82) is 0 Å². The lowest BCUT2D eigenvalue weighted by molar-refractivity contribution is -0.167. The van der Waals surface area contributed by atoms with E-state index in [1.54, 1.807) is 0 Å². The molecule has 0 aromatic heterocycles. The Morgan fingerprint density at radius 3 is 0.744 bits per heavy atom. The minimum Gasteiger partial charge on any atom is -0.462 e. The molecular formula is C76H140O6. The van der Waals surface area contributed by atoms with Crippen LogP contribution in [0.2, 0.25) is 0 Å². The summed E-state index contributed by atoms with van der Waals surface area (Å²) in [6.45, 7) is 6.54. The zero-order valence-electron chi connectivity index (χ0n) is 55.3. The van der Waals surface area contributed by atoms with Gasteiger partial charge in [-0.05, 0) is 57.8 Å². The average Bonchev–Trinajstić information content (AvgIpc) is 3.47. The van der Waals surface area contributed by atoms with Gasteiger partial charge in [-0.3, -0.25) is 14.4 Å². The molecule has 0 N–H and O–H groups in total. The molecule has 1 unspecified atom stereocenters. The van der Waals surface area contributed by atoms with Crippen LogP contribution in [0.25, 0.3) is 0 Å². The largest absolute Gasteiger partial charge is 0.462 e. The van der Waals surface area contributed by atoms with Crippen LogP contribution in [0.1, 0.15) is 400 Å². The topological polar surface area (TPSA) is 78.9 Å². The van der Waals surface area contributed by atoms with Crippen LogP contribution < -0.4 is 0 Å². The van der Waals surface area contributed by atoms with Crippen LogP contribution in [0.3, 0.4) is 0 Å². The van der Waals surface area contributed by atoms with Crippen molar-refractivity contribution in [1.82, 2.24) is 0 Å². The number of carbonyl (C=O) groups is 3. The Balaban J connectivity index is 3.95.